The van der Waals surface area contributed by atoms with Crippen LogP contribution in [0.4, 0.5) is 10.1 Å². The first-order valence-electron chi connectivity index (χ1n) is 7.07. The normalized spacial score (nSPS) is 22.0. The van der Waals surface area contributed by atoms with E-state index >= 15 is 0 Å². The van der Waals surface area contributed by atoms with Gasteiger partial charge in [-0.05, 0) is 19.8 Å². The average Bonchev–Trinajstić information content (AvgIpc) is 2.48. The Morgan fingerprint density at radius 2 is 2.43 bits per heavy atom. The molecule has 6 nitrogen and oxygen atoms in total. The second-order valence-corrected chi connectivity index (χ2v) is 5.20. The van der Waals surface area contributed by atoms with Gasteiger partial charge in [0.25, 0.3) is 0 Å². The minimum absolute atomic E-state index is 0.0480. The Morgan fingerprint density at radius 3 is 3.10 bits per heavy atom. The second-order valence-electron chi connectivity index (χ2n) is 5.20. The Bertz CT molecular complexity index is 490. The summed E-state index contributed by atoms with van der Waals surface area (Å²) in [6, 6.07) is 0.346. The van der Waals surface area contributed by atoms with Crippen molar-refractivity contribution in [1.82, 2.24) is 10.3 Å². The van der Waals surface area contributed by atoms with Crippen molar-refractivity contribution < 1.29 is 13.9 Å². The molecule has 0 radical (unpaired) electrons. The molecular formula is C14H21FN4O2. The van der Waals surface area contributed by atoms with Crippen LogP contribution >= 0.6 is 0 Å². The lowest BCUT2D eigenvalue weighted by atomic mass is 10.0. The average molecular weight is 296 g/mol. The van der Waals surface area contributed by atoms with Crippen molar-refractivity contribution in [2.75, 3.05) is 25.0 Å². The van der Waals surface area contributed by atoms with Crippen LogP contribution in [0, 0.1) is 5.82 Å². The number of rotatable bonds is 5. The molecule has 4 N–H and O–H groups in total. The van der Waals surface area contributed by atoms with Crippen LogP contribution in [0.3, 0.4) is 0 Å². The monoisotopic (exact) mass is 296 g/mol. The zero-order valence-electron chi connectivity index (χ0n) is 12.1. The smallest absolute Gasteiger partial charge is 0.238 e. The van der Waals surface area contributed by atoms with Crippen molar-refractivity contribution >= 4 is 11.6 Å². The molecule has 21 heavy (non-hydrogen) atoms. The minimum Gasteiger partial charge on any atom is -0.375 e. The summed E-state index contributed by atoms with van der Waals surface area (Å²) in [7, 11) is 0. The fourth-order valence-corrected chi connectivity index (χ4v) is 2.25. The number of nitrogens with zero attached hydrogens (tertiary/aromatic N) is 1. The number of morpholine rings is 1. The van der Waals surface area contributed by atoms with E-state index in [0.717, 1.165) is 12.7 Å². The van der Waals surface area contributed by atoms with Crippen LogP contribution in [0.2, 0.25) is 0 Å². The van der Waals surface area contributed by atoms with Crippen molar-refractivity contribution in [3.63, 3.8) is 0 Å². The summed E-state index contributed by atoms with van der Waals surface area (Å²) in [6.07, 6.45) is 3.78. The third-order valence-electron chi connectivity index (χ3n) is 3.46. The molecule has 0 unspecified atom stereocenters. The SMILES string of the molecule is C[C@@H]1CO[C@H](CCc2c(F)cncc2NC(=O)CN)CN1. The van der Waals surface area contributed by atoms with E-state index in [2.05, 4.69) is 22.5 Å². The topological polar surface area (TPSA) is 89.3 Å². The molecule has 1 fully saturated rings. The molecule has 2 heterocycles. The van der Waals surface area contributed by atoms with Gasteiger partial charge in [-0.1, -0.05) is 0 Å². The molecular weight excluding hydrogens is 275 g/mol. The Hall–Kier alpha value is -1.57. The van der Waals surface area contributed by atoms with Crippen molar-refractivity contribution in [3.05, 3.63) is 23.8 Å². The number of ether oxygens (including phenoxy) is 1. The van der Waals surface area contributed by atoms with Crippen LogP contribution in [-0.2, 0) is 16.0 Å². The molecule has 1 aliphatic rings. The molecule has 0 aromatic carbocycles. The quantitative estimate of drug-likeness (QED) is 0.733. The molecule has 1 amide bonds. The number of hydrogen-bond donors (Lipinski definition) is 3. The third kappa shape index (κ3) is 4.45. The standard InChI is InChI=1S/C14H21FN4O2/c1-9-8-21-10(5-18-9)2-3-11-12(15)6-17-7-13(11)19-14(20)4-16/h6-7,9-10,18H,2-5,8,16H2,1H3,(H,19,20)/t9-,10-/m1/s1. The van der Waals surface area contributed by atoms with Gasteiger partial charge in [0.05, 0.1) is 37.3 Å². The Labute approximate surface area is 123 Å². The van der Waals surface area contributed by atoms with Crippen molar-refractivity contribution in [2.24, 2.45) is 5.73 Å². The summed E-state index contributed by atoms with van der Waals surface area (Å²) in [5.41, 5.74) is 6.07. The maximum Gasteiger partial charge on any atom is 0.238 e. The van der Waals surface area contributed by atoms with Crippen LogP contribution in [0.25, 0.3) is 0 Å². The van der Waals surface area contributed by atoms with Gasteiger partial charge in [0.2, 0.25) is 5.91 Å². The van der Waals surface area contributed by atoms with E-state index in [1.807, 2.05) is 0 Å². The third-order valence-corrected chi connectivity index (χ3v) is 3.46. The number of anilines is 1. The molecule has 1 aliphatic heterocycles. The van der Waals surface area contributed by atoms with Gasteiger partial charge >= 0.3 is 0 Å². The number of nitrogens with two attached hydrogens (primary N) is 1. The fourth-order valence-electron chi connectivity index (χ4n) is 2.25. The number of carbonyl (C=O) groups is 1. The van der Waals surface area contributed by atoms with E-state index in [9.17, 15) is 9.18 Å². The van der Waals surface area contributed by atoms with Crippen molar-refractivity contribution in [3.8, 4) is 0 Å². The second kappa shape index (κ2) is 7.44. The van der Waals surface area contributed by atoms with Gasteiger partial charge in [0, 0.05) is 18.2 Å². The lowest BCUT2D eigenvalue weighted by molar-refractivity contribution is -0.114. The minimum atomic E-state index is -0.429. The summed E-state index contributed by atoms with van der Waals surface area (Å²) in [6.45, 7) is 3.31. The molecule has 2 rings (SSSR count). The van der Waals surface area contributed by atoms with Gasteiger partial charge in [-0.2, -0.15) is 0 Å². The van der Waals surface area contributed by atoms with Gasteiger partial charge in [0.1, 0.15) is 5.82 Å². The Morgan fingerprint density at radius 1 is 1.62 bits per heavy atom. The molecule has 1 aromatic heterocycles. The van der Waals surface area contributed by atoms with Gasteiger partial charge in [-0.25, -0.2) is 4.39 Å². The van der Waals surface area contributed by atoms with Gasteiger partial charge in [-0.15, -0.1) is 0 Å². The molecule has 0 bridgehead atoms. The predicted octanol–water partition coefficient (Wildman–Crippen LogP) is 0.427. The summed E-state index contributed by atoms with van der Waals surface area (Å²) in [4.78, 5) is 15.1. The summed E-state index contributed by atoms with van der Waals surface area (Å²) >= 11 is 0. The zero-order chi connectivity index (χ0) is 15.2. The number of pyridine rings is 1. The van der Waals surface area contributed by atoms with E-state index in [1.165, 1.54) is 6.20 Å². The highest BCUT2D eigenvalue weighted by Gasteiger charge is 2.19. The van der Waals surface area contributed by atoms with Crippen LogP contribution in [-0.4, -0.2) is 42.7 Å². The highest BCUT2D eigenvalue weighted by molar-refractivity contribution is 5.92. The first-order chi connectivity index (χ1) is 10.1. The first-order valence-corrected chi connectivity index (χ1v) is 7.07. The van der Waals surface area contributed by atoms with Crippen molar-refractivity contribution in [2.45, 2.75) is 31.9 Å². The molecule has 0 aliphatic carbocycles. The summed E-state index contributed by atoms with van der Waals surface area (Å²) in [5.74, 6) is -0.796. The molecule has 1 aromatic rings. The van der Waals surface area contributed by atoms with E-state index < -0.39 is 5.82 Å². The number of carbonyl (C=O) groups excluding carboxylic acids is 1. The van der Waals surface area contributed by atoms with Crippen molar-refractivity contribution in [1.29, 1.82) is 0 Å². The number of hydrogen-bond acceptors (Lipinski definition) is 5. The van der Waals surface area contributed by atoms with E-state index in [-0.39, 0.29) is 18.6 Å². The molecule has 7 heteroatoms. The van der Waals surface area contributed by atoms with Gasteiger partial charge in [-0.3, -0.25) is 9.78 Å². The zero-order valence-corrected chi connectivity index (χ0v) is 12.1. The lowest BCUT2D eigenvalue weighted by Crippen LogP contribution is -2.44. The molecule has 116 valence electrons. The molecule has 2 atom stereocenters. The fraction of sp³-hybridized carbons (Fsp3) is 0.571. The number of aromatic nitrogens is 1. The van der Waals surface area contributed by atoms with Gasteiger partial charge < -0.3 is 21.1 Å². The Kier molecular flexibility index (Phi) is 5.60. The maximum atomic E-state index is 13.9. The molecule has 0 spiro atoms. The van der Waals surface area contributed by atoms with E-state index in [1.54, 1.807) is 0 Å². The van der Waals surface area contributed by atoms with Crippen LogP contribution in [0.1, 0.15) is 18.9 Å². The number of amides is 1. The largest absolute Gasteiger partial charge is 0.375 e. The summed E-state index contributed by atoms with van der Waals surface area (Å²) in [5, 5.41) is 5.89. The highest BCUT2D eigenvalue weighted by Crippen LogP contribution is 2.21. The lowest BCUT2D eigenvalue weighted by Gasteiger charge is -2.28. The van der Waals surface area contributed by atoms with E-state index in [0.29, 0.717) is 36.7 Å². The number of halogens is 1. The molecule has 0 saturated carbocycles. The predicted molar refractivity (Wildman–Crippen MR) is 77.4 cm³/mol. The maximum absolute atomic E-state index is 13.9. The Balaban J connectivity index is 1.99. The van der Waals surface area contributed by atoms with Gasteiger partial charge in [0.15, 0.2) is 0 Å². The van der Waals surface area contributed by atoms with Crippen LogP contribution < -0.4 is 16.4 Å². The number of nitrogens with one attached hydrogen (secondary N) is 2. The summed E-state index contributed by atoms with van der Waals surface area (Å²) < 4.78 is 19.6. The van der Waals surface area contributed by atoms with Crippen LogP contribution in [0.15, 0.2) is 12.4 Å². The molecule has 1 saturated heterocycles. The highest BCUT2D eigenvalue weighted by atomic mass is 19.1. The van der Waals surface area contributed by atoms with Crippen LogP contribution in [0.5, 0.6) is 0 Å². The first kappa shape index (κ1) is 15.8. The van der Waals surface area contributed by atoms with E-state index in [4.69, 9.17) is 10.5 Å².